The molecule has 0 unspecified atom stereocenters. The van der Waals surface area contributed by atoms with Gasteiger partial charge in [-0.25, -0.2) is 10.2 Å². The Hall–Kier alpha value is -3.28. The maximum atomic E-state index is 13.3. The number of carbonyl (C=O) groups is 2. The van der Waals surface area contributed by atoms with Crippen LogP contribution in [0.25, 0.3) is 22.0 Å². The number of esters is 1. The summed E-state index contributed by atoms with van der Waals surface area (Å²) in [6.07, 6.45) is 1.45. The minimum absolute atomic E-state index is 0.309. The van der Waals surface area contributed by atoms with E-state index in [9.17, 15) is 9.59 Å². The smallest absolute Gasteiger partial charge is 0.343 e. The number of hydrazone groups is 1. The average molecular weight is 743 g/mol. The number of carbonyl (C=O) groups excluding carboxylic acids is 2. The van der Waals surface area contributed by atoms with Gasteiger partial charge in [0.1, 0.15) is 11.4 Å². The molecular formula is C29H18Br2IN3O3. The zero-order chi connectivity index (χ0) is 26.6. The van der Waals surface area contributed by atoms with Crippen molar-refractivity contribution in [2.45, 2.75) is 0 Å². The van der Waals surface area contributed by atoms with Crippen LogP contribution in [0.2, 0.25) is 0 Å². The van der Waals surface area contributed by atoms with Gasteiger partial charge in [0, 0.05) is 29.0 Å². The first-order chi connectivity index (χ1) is 18.4. The molecule has 0 spiro atoms. The summed E-state index contributed by atoms with van der Waals surface area (Å²) in [5.41, 5.74) is 6.55. The number of hydrogen-bond acceptors (Lipinski definition) is 4. The summed E-state index contributed by atoms with van der Waals surface area (Å²) in [5, 5.41) is 5.12. The molecule has 38 heavy (non-hydrogen) atoms. The maximum absolute atomic E-state index is 13.3. The van der Waals surface area contributed by atoms with Crippen LogP contribution < -0.4 is 10.2 Å². The summed E-state index contributed by atoms with van der Waals surface area (Å²) in [6.45, 7) is 0. The third kappa shape index (κ3) is 5.74. The molecule has 0 aliphatic rings. The number of ether oxygens (including phenoxy) is 1. The quantitative estimate of drug-likeness (QED) is 0.0610. The van der Waals surface area contributed by atoms with E-state index in [0.717, 1.165) is 34.5 Å². The normalized spacial score (nSPS) is 11.1. The molecule has 0 aliphatic heterocycles. The van der Waals surface area contributed by atoms with Crippen LogP contribution in [-0.2, 0) is 0 Å². The fourth-order valence-electron chi connectivity index (χ4n) is 3.93. The number of aromatic amines is 1. The van der Waals surface area contributed by atoms with E-state index in [1.807, 2.05) is 48.5 Å². The number of nitrogens with zero attached hydrogens (tertiary/aromatic N) is 1. The molecule has 1 amide bonds. The van der Waals surface area contributed by atoms with Gasteiger partial charge >= 0.3 is 5.97 Å². The first kappa shape index (κ1) is 26.3. The molecule has 2 N–H and O–H groups in total. The van der Waals surface area contributed by atoms with Gasteiger partial charge in [-0.2, -0.15) is 5.10 Å². The van der Waals surface area contributed by atoms with E-state index in [4.69, 9.17) is 4.74 Å². The van der Waals surface area contributed by atoms with Crippen LogP contribution in [-0.4, -0.2) is 23.1 Å². The molecule has 6 nitrogen and oxygen atoms in total. The van der Waals surface area contributed by atoms with E-state index >= 15 is 0 Å². The lowest BCUT2D eigenvalue weighted by Gasteiger charge is -2.08. The van der Waals surface area contributed by atoms with Crippen molar-refractivity contribution in [2.75, 3.05) is 0 Å². The minimum Gasteiger partial charge on any atom is -0.422 e. The molecule has 0 bridgehead atoms. The summed E-state index contributed by atoms with van der Waals surface area (Å²) in [7, 11) is 0. The van der Waals surface area contributed by atoms with Crippen molar-refractivity contribution < 1.29 is 14.3 Å². The van der Waals surface area contributed by atoms with Crippen LogP contribution in [0, 0.1) is 3.57 Å². The SMILES string of the molecule is O=C(Oc1ccc(Br)cc1C=NNC(=O)c1[nH]c2c(I)cccc2c1-c1ccccc1)c1ccc(Br)cc1. The number of para-hydroxylation sites is 1. The van der Waals surface area contributed by atoms with E-state index in [2.05, 4.69) is 70.0 Å². The van der Waals surface area contributed by atoms with Crippen molar-refractivity contribution in [3.05, 3.63) is 120 Å². The Labute approximate surface area is 248 Å². The highest BCUT2D eigenvalue weighted by atomic mass is 127. The fraction of sp³-hybridized carbons (Fsp3) is 0. The second kappa shape index (κ2) is 11.6. The Bertz CT molecular complexity index is 1680. The summed E-state index contributed by atoms with van der Waals surface area (Å²) in [4.78, 5) is 29.2. The molecule has 0 radical (unpaired) electrons. The van der Waals surface area contributed by atoms with E-state index in [1.54, 1.807) is 42.5 Å². The number of H-pyrrole nitrogens is 1. The first-order valence-electron chi connectivity index (χ1n) is 11.4. The zero-order valence-corrected chi connectivity index (χ0v) is 24.9. The van der Waals surface area contributed by atoms with Gasteiger partial charge in [-0.1, -0.05) is 74.3 Å². The van der Waals surface area contributed by atoms with Gasteiger partial charge in [0.05, 0.1) is 17.3 Å². The average Bonchev–Trinajstić information content (AvgIpc) is 3.32. The highest BCUT2D eigenvalue weighted by Crippen LogP contribution is 2.34. The number of rotatable bonds is 6. The van der Waals surface area contributed by atoms with Crippen LogP contribution in [0.5, 0.6) is 5.75 Å². The van der Waals surface area contributed by atoms with Crippen LogP contribution in [0.4, 0.5) is 0 Å². The van der Waals surface area contributed by atoms with E-state index in [-0.39, 0.29) is 0 Å². The third-order valence-corrected chi connectivity index (χ3v) is 7.62. The van der Waals surface area contributed by atoms with Crippen LogP contribution >= 0.6 is 54.5 Å². The molecular weight excluding hydrogens is 725 g/mol. The van der Waals surface area contributed by atoms with Gasteiger partial charge < -0.3 is 9.72 Å². The summed E-state index contributed by atoms with van der Waals surface area (Å²) in [6, 6.07) is 27.7. The fourth-order valence-corrected chi connectivity index (χ4v) is 5.21. The Morgan fingerprint density at radius 2 is 1.63 bits per heavy atom. The Morgan fingerprint density at radius 1 is 0.895 bits per heavy atom. The van der Waals surface area contributed by atoms with Crippen molar-refractivity contribution >= 4 is 83.4 Å². The van der Waals surface area contributed by atoms with Gasteiger partial charge in [0.2, 0.25) is 0 Å². The minimum atomic E-state index is -0.501. The molecule has 1 heterocycles. The van der Waals surface area contributed by atoms with Crippen molar-refractivity contribution in [1.29, 1.82) is 0 Å². The largest absolute Gasteiger partial charge is 0.422 e. The second-order valence-electron chi connectivity index (χ2n) is 8.18. The molecule has 4 aromatic carbocycles. The zero-order valence-electron chi connectivity index (χ0n) is 19.5. The molecule has 9 heteroatoms. The van der Waals surface area contributed by atoms with Gasteiger partial charge in [0.25, 0.3) is 5.91 Å². The first-order valence-corrected chi connectivity index (χ1v) is 14.0. The molecule has 188 valence electrons. The van der Waals surface area contributed by atoms with Crippen LogP contribution in [0.3, 0.4) is 0 Å². The highest BCUT2D eigenvalue weighted by Gasteiger charge is 2.20. The Morgan fingerprint density at radius 3 is 2.39 bits per heavy atom. The molecule has 5 aromatic rings. The number of benzene rings is 4. The van der Waals surface area contributed by atoms with Crippen molar-refractivity contribution in [1.82, 2.24) is 10.4 Å². The topological polar surface area (TPSA) is 83.5 Å². The van der Waals surface area contributed by atoms with E-state index in [0.29, 0.717) is 22.6 Å². The lowest BCUT2D eigenvalue weighted by Crippen LogP contribution is -2.19. The molecule has 0 fully saturated rings. The standard InChI is InChI=1S/C29H18Br2IN3O3/c30-20-11-9-18(10-12-20)29(37)38-24-14-13-21(31)15-19(24)16-33-35-28(36)27-25(17-5-2-1-3-6-17)22-7-4-8-23(32)26(22)34-27/h1-16,34H,(H,35,36). The number of nitrogens with one attached hydrogen (secondary N) is 2. The van der Waals surface area contributed by atoms with Gasteiger partial charge in [-0.05, 0) is 76.7 Å². The van der Waals surface area contributed by atoms with E-state index in [1.165, 1.54) is 6.21 Å². The predicted molar refractivity (Wildman–Crippen MR) is 165 cm³/mol. The van der Waals surface area contributed by atoms with Crippen molar-refractivity contribution in [3.8, 4) is 16.9 Å². The Kier molecular flexibility index (Phi) is 8.06. The highest BCUT2D eigenvalue weighted by molar-refractivity contribution is 14.1. The number of halogens is 3. The second-order valence-corrected chi connectivity index (χ2v) is 11.2. The van der Waals surface area contributed by atoms with Gasteiger partial charge in [0.15, 0.2) is 0 Å². The number of hydrogen-bond donors (Lipinski definition) is 2. The molecule has 1 aromatic heterocycles. The molecule has 5 rings (SSSR count). The van der Waals surface area contributed by atoms with Gasteiger partial charge in [-0.15, -0.1) is 0 Å². The number of aromatic nitrogens is 1. The maximum Gasteiger partial charge on any atom is 0.343 e. The van der Waals surface area contributed by atoms with E-state index < -0.39 is 11.9 Å². The molecule has 0 aliphatic carbocycles. The van der Waals surface area contributed by atoms with Crippen molar-refractivity contribution in [2.24, 2.45) is 5.10 Å². The number of amides is 1. The number of fused-ring (bicyclic) bond motifs is 1. The molecule has 0 saturated heterocycles. The molecule has 0 saturated carbocycles. The van der Waals surface area contributed by atoms with Crippen LogP contribution in [0.15, 0.2) is 105 Å². The lowest BCUT2D eigenvalue weighted by molar-refractivity contribution is 0.0734. The summed E-state index contributed by atoms with van der Waals surface area (Å²) >= 11 is 9.04. The van der Waals surface area contributed by atoms with Gasteiger partial charge in [-0.3, -0.25) is 4.79 Å². The summed E-state index contributed by atoms with van der Waals surface area (Å²) < 4.78 is 8.25. The Balaban J connectivity index is 1.41. The molecule has 0 atom stereocenters. The lowest BCUT2D eigenvalue weighted by atomic mass is 10.0. The summed E-state index contributed by atoms with van der Waals surface area (Å²) in [5.74, 6) is -0.585. The van der Waals surface area contributed by atoms with Crippen molar-refractivity contribution in [3.63, 3.8) is 0 Å². The van der Waals surface area contributed by atoms with Crippen LogP contribution in [0.1, 0.15) is 26.4 Å². The predicted octanol–water partition coefficient (Wildman–Crippen LogP) is 7.95. The third-order valence-electron chi connectivity index (χ3n) is 5.70. The monoisotopic (exact) mass is 741 g/mol.